The summed E-state index contributed by atoms with van der Waals surface area (Å²) < 4.78 is 6.68. The number of nitrogens with zero attached hydrogens (tertiary/aromatic N) is 1. The number of hydrogen-bond donors (Lipinski definition) is 1. The van der Waals surface area contributed by atoms with Crippen molar-refractivity contribution in [2.45, 2.75) is 26.3 Å². The second-order valence-electron chi connectivity index (χ2n) is 4.61. The number of aromatic nitrogens is 1. The lowest BCUT2D eigenvalue weighted by Crippen LogP contribution is -2.20. The summed E-state index contributed by atoms with van der Waals surface area (Å²) in [7, 11) is 0. The van der Waals surface area contributed by atoms with Gasteiger partial charge >= 0.3 is 0 Å². The van der Waals surface area contributed by atoms with Crippen molar-refractivity contribution in [3.63, 3.8) is 0 Å². The maximum atomic E-state index is 6.14. The summed E-state index contributed by atoms with van der Waals surface area (Å²) in [6.07, 6.45) is 2.73. The molecular formula is C16H18BrClN2O. The van der Waals surface area contributed by atoms with Crippen molar-refractivity contribution in [2.75, 3.05) is 6.54 Å². The molecule has 0 bridgehead atoms. The molecular weight excluding hydrogens is 352 g/mol. The molecule has 0 aliphatic heterocycles. The van der Waals surface area contributed by atoms with Crippen LogP contribution in [0.15, 0.2) is 41.0 Å². The molecule has 0 aliphatic rings. The number of halogens is 2. The predicted octanol–water partition coefficient (Wildman–Crippen LogP) is 5.35. The molecule has 0 fully saturated rings. The molecule has 1 atom stereocenters. The second-order valence-corrected chi connectivity index (χ2v) is 5.94. The lowest BCUT2D eigenvalue weighted by Gasteiger charge is -2.15. The highest BCUT2D eigenvalue weighted by atomic mass is 79.9. The van der Waals surface area contributed by atoms with Gasteiger partial charge in [0.25, 0.3) is 0 Å². The minimum absolute atomic E-state index is 0.278. The van der Waals surface area contributed by atoms with Crippen molar-refractivity contribution >= 4 is 27.5 Å². The first-order chi connectivity index (χ1) is 10.1. The molecule has 2 rings (SSSR count). The predicted molar refractivity (Wildman–Crippen MR) is 90.2 cm³/mol. The van der Waals surface area contributed by atoms with Crippen LogP contribution in [-0.2, 0) is 0 Å². The molecule has 0 amide bonds. The quantitative estimate of drug-likeness (QED) is 0.745. The SMILES string of the molecule is CCNC(CC)c1ccc(Oc2ccc(Br)cc2Cl)cn1. The van der Waals surface area contributed by atoms with Crippen LogP contribution in [0.5, 0.6) is 11.5 Å². The second kappa shape index (κ2) is 7.78. The molecule has 3 nitrogen and oxygen atoms in total. The van der Waals surface area contributed by atoms with E-state index in [-0.39, 0.29) is 6.04 Å². The first-order valence-electron chi connectivity index (χ1n) is 6.96. The number of pyridine rings is 1. The van der Waals surface area contributed by atoms with Gasteiger partial charge in [-0.25, -0.2) is 0 Å². The van der Waals surface area contributed by atoms with E-state index in [1.165, 1.54) is 0 Å². The molecule has 5 heteroatoms. The lowest BCUT2D eigenvalue weighted by molar-refractivity contribution is 0.476. The van der Waals surface area contributed by atoms with Crippen molar-refractivity contribution < 1.29 is 4.74 Å². The average molecular weight is 370 g/mol. The maximum Gasteiger partial charge on any atom is 0.146 e. The highest BCUT2D eigenvalue weighted by Gasteiger charge is 2.10. The third-order valence-corrected chi connectivity index (χ3v) is 3.89. The normalized spacial score (nSPS) is 12.2. The van der Waals surface area contributed by atoms with Crippen molar-refractivity contribution in [2.24, 2.45) is 0 Å². The Morgan fingerprint density at radius 1 is 1.29 bits per heavy atom. The van der Waals surface area contributed by atoms with Gasteiger partial charge in [0.05, 0.1) is 16.9 Å². The molecule has 2 aromatic rings. The number of rotatable bonds is 6. The molecule has 0 saturated heterocycles. The molecule has 1 aromatic heterocycles. The monoisotopic (exact) mass is 368 g/mol. The van der Waals surface area contributed by atoms with Crippen LogP contribution in [0.1, 0.15) is 32.0 Å². The smallest absolute Gasteiger partial charge is 0.146 e. The first kappa shape index (κ1) is 16.3. The molecule has 112 valence electrons. The van der Waals surface area contributed by atoms with Crippen LogP contribution >= 0.6 is 27.5 Å². The summed E-state index contributed by atoms with van der Waals surface area (Å²) in [6, 6.07) is 9.70. The fraction of sp³-hybridized carbons (Fsp3) is 0.312. The van der Waals surface area contributed by atoms with Gasteiger partial charge in [0.1, 0.15) is 11.5 Å². The van der Waals surface area contributed by atoms with E-state index in [0.29, 0.717) is 16.5 Å². The van der Waals surface area contributed by atoms with Gasteiger partial charge in [0.15, 0.2) is 0 Å². The molecule has 21 heavy (non-hydrogen) atoms. The van der Waals surface area contributed by atoms with Gasteiger partial charge in [-0.2, -0.15) is 0 Å². The highest BCUT2D eigenvalue weighted by molar-refractivity contribution is 9.10. The van der Waals surface area contributed by atoms with Crippen LogP contribution in [0.3, 0.4) is 0 Å². The third kappa shape index (κ3) is 4.43. The van der Waals surface area contributed by atoms with E-state index in [1.807, 2.05) is 24.3 Å². The van der Waals surface area contributed by atoms with Gasteiger partial charge in [-0.15, -0.1) is 0 Å². The molecule has 0 aliphatic carbocycles. The van der Waals surface area contributed by atoms with E-state index in [1.54, 1.807) is 12.3 Å². The Balaban J connectivity index is 2.11. The number of hydrogen-bond acceptors (Lipinski definition) is 3. The Bertz CT molecular complexity index is 589. The fourth-order valence-corrected chi connectivity index (χ4v) is 2.76. The molecule has 1 N–H and O–H groups in total. The van der Waals surface area contributed by atoms with E-state index >= 15 is 0 Å². The molecule has 0 spiro atoms. The Morgan fingerprint density at radius 2 is 2.10 bits per heavy atom. The molecule has 1 unspecified atom stereocenters. The molecule has 0 radical (unpaired) electrons. The van der Waals surface area contributed by atoms with E-state index in [0.717, 1.165) is 23.1 Å². The number of ether oxygens (including phenoxy) is 1. The fourth-order valence-electron chi connectivity index (χ4n) is 2.05. The van der Waals surface area contributed by atoms with Crippen LogP contribution in [0.25, 0.3) is 0 Å². The summed E-state index contributed by atoms with van der Waals surface area (Å²) in [5, 5.41) is 3.97. The van der Waals surface area contributed by atoms with Gasteiger partial charge < -0.3 is 10.1 Å². The van der Waals surface area contributed by atoms with Crippen molar-refractivity contribution in [1.82, 2.24) is 10.3 Å². The van der Waals surface area contributed by atoms with Crippen LogP contribution in [0.4, 0.5) is 0 Å². The summed E-state index contributed by atoms with van der Waals surface area (Å²) in [6.45, 7) is 5.16. The zero-order valence-electron chi connectivity index (χ0n) is 12.1. The Kier molecular flexibility index (Phi) is 6.03. The van der Waals surface area contributed by atoms with Crippen LogP contribution in [-0.4, -0.2) is 11.5 Å². The lowest BCUT2D eigenvalue weighted by atomic mass is 10.1. The summed E-state index contributed by atoms with van der Waals surface area (Å²) in [5.74, 6) is 1.29. The Labute approximate surface area is 138 Å². The number of nitrogens with one attached hydrogen (secondary N) is 1. The van der Waals surface area contributed by atoms with Crippen LogP contribution in [0, 0.1) is 0 Å². The first-order valence-corrected chi connectivity index (χ1v) is 8.13. The summed E-state index contributed by atoms with van der Waals surface area (Å²) in [4.78, 5) is 4.47. The van der Waals surface area contributed by atoms with Gasteiger partial charge in [-0.1, -0.05) is 41.4 Å². The highest BCUT2D eigenvalue weighted by Crippen LogP contribution is 2.31. The van der Waals surface area contributed by atoms with E-state index < -0.39 is 0 Å². The Hall–Kier alpha value is -1.10. The van der Waals surface area contributed by atoms with Gasteiger partial charge in [-0.05, 0) is 43.3 Å². The summed E-state index contributed by atoms with van der Waals surface area (Å²) >= 11 is 9.51. The van der Waals surface area contributed by atoms with Gasteiger partial charge in [0.2, 0.25) is 0 Å². The van der Waals surface area contributed by atoms with Gasteiger partial charge in [-0.3, -0.25) is 4.98 Å². The van der Waals surface area contributed by atoms with Crippen LogP contribution < -0.4 is 10.1 Å². The number of benzene rings is 1. The average Bonchev–Trinajstić information content (AvgIpc) is 2.48. The standard InChI is InChI=1S/C16H18BrClN2O/c1-3-14(19-4-2)15-7-6-12(10-20-15)21-16-8-5-11(17)9-13(16)18/h5-10,14,19H,3-4H2,1-2H3. The minimum Gasteiger partial charge on any atom is -0.454 e. The van der Waals surface area contributed by atoms with Gasteiger partial charge in [0, 0.05) is 10.5 Å². The topological polar surface area (TPSA) is 34.1 Å². The van der Waals surface area contributed by atoms with Crippen molar-refractivity contribution in [3.05, 3.63) is 51.7 Å². The molecule has 1 aromatic carbocycles. The maximum absolute atomic E-state index is 6.14. The van der Waals surface area contributed by atoms with Crippen molar-refractivity contribution in [1.29, 1.82) is 0 Å². The zero-order valence-corrected chi connectivity index (χ0v) is 14.4. The van der Waals surface area contributed by atoms with E-state index in [2.05, 4.69) is 40.1 Å². The summed E-state index contributed by atoms with van der Waals surface area (Å²) in [5.41, 5.74) is 1.02. The molecule has 1 heterocycles. The van der Waals surface area contributed by atoms with E-state index in [4.69, 9.17) is 16.3 Å². The van der Waals surface area contributed by atoms with Crippen LogP contribution in [0.2, 0.25) is 5.02 Å². The molecule has 0 saturated carbocycles. The Morgan fingerprint density at radius 3 is 2.67 bits per heavy atom. The largest absolute Gasteiger partial charge is 0.454 e. The van der Waals surface area contributed by atoms with E-state index in [9.17, 15) is 0 Å². The zero-order chi connectivity index (χ0) is 15.2. The third-order valence-electron chi connectivity index (χ3n) is 3.10. The minimum atomic E-state index is 0.278. The van der Waals surface area contributed by atoms with Crippen molar-refractivity contribution in [3.8, 4) is 11.5 Å².